The first-order chi connectivity index (χ1) is 20.2. The second-order valence-electron chi connectivity index (χ2n) is 9.18. The van der Waals surface area contributed by atoms with Gasteiger partial charge >= 0.3 is 12.2 Å². The van der Waals surface area contributed by atoms with Crippen LogP contribution in [0.3, 0.4) is 0 Å². The molecule has 0 fully saturated rings. The van der Waals surface area contributed by atoms with Crippen molar-refractivity contribution < 1.29 is 22.7 Å². The fourth-order valence-electron chi connectivity index (χ4n) is 3.89. The van der Waals surface area contributed by atoms with Crippen molar-refractivity contribution in [1.82, 2.24) is 19.7 Å². The summed E-state index contributed by atoms with van der Waals surface area (Å²) >= 11 is 1.58. The molecule has 0 atom stereocenters. The van der Waals surface area contributed by atoms with Gasteiger partial charge in [-0.15, -0.1) is 0 Å². The number of hydrogen-bond donors (Lipinski definition) is 3. The summed E-state index contributed by atoms with van der Waals surface area (Å²) in [5.41, 5.74) is 1.31. The molecule has 0 radical (unpaired) electrons. The van der Waals surface area contributed by atoms with Crippen molar-refractivity contribution in [2.24, 2.45) is 0 Å². The molecule has 0 aliphatic carbocycles. The van der Waals surface area contributed by atoms with Crippen LogP contribution in [0, 0.1) is 6.92 Å². The SMILES string of the molecule is CCCNc1ncc(-c2ccc(Oc3ccc(NC(=O)Nc4cc(C(F)(F)F)ccc4-n4ccc(C)n4)cn3)cc2)s1. The third kappa shape index (κ3) is 7.04. The largest absolute Gasteiger partial charge is 0.439 e. The molecule has 5 rings (SSSR count). The summed E-state index contributed by atoms with van der Waals surface area (Å²) in [5.74, 6) is 0.872. The number of urea groups is 1. The zero-order valence-electron chi connectivity index (χ0n) is 22.6. The number of alkyl halides is 3. The van der Waals surface area contributed by atoms with Crippen LogP contribution >= 0.6 is 11.3 Å². The lowest BCUT2D eigenvalue weighted by Crippen LogP contribution is -2.21. The number of hydrogen-bond acceptors (Lipinski definition) is 7. The fourth-order valence-corrected chi connectivity index (χ4v) is 4.74. The molecule has 0 spiro atoms. The van der Waals surface area contributed by atoms with E-state index in [1.54, 1.807) is 42.7 Å². The van der Waals surface area contributed by atoms with Crippen LogP contribution in [-0.4, -0.2) is 32.3 Å². The van der Waals surface area contributed by atoms with Gasteiger partial charge in [0.05, 0.1) is 39.4 Å². The van der Waals surface area contributed by atoms with E-state index < -0.39 is 17.8 Å². The highest BCUT2D eigenvalue weighted by molar-refractivity contribution is 7.18. The maximum Gasteiger partial charge on any atom is 0.416 e. The van der Waals surface area contributed by atoms with E-state index in [1.165, 1.54) is 16.9 Å². The Labute approximate surface area is 243 Å². The van der Waals surface area contributed by atoms with Crippen molar-refractivity contribution in [3.63, 3.8) is 0 Å². The lowest BCUT2D eigenvalue weighted by Gasteiger charge is -2.15. The first-order valence-electron chi connectivity index (χ1n) is 12.9. The van der Waals surface area contributed by atoms with Gasteiger partial charge in [-0.1, -0.05) is 18.3 Å². The topological polar surface area (TPSA) is 106 Å². The molecular formula is C29H26F3N7O2S. The summed E-state index contributed by atoms with van der Waals surface area (Å²) < 4.78 is 47.2. The molecule has 0 aliphatic rings. The molecule has 2 aromatic carbocycles. The molecular weight excluding hydrogens is 567 g/mol. The number of ether oxygens (including phenoxy) is 1. The average molecular weight is 594 g/mol. The highest BCUT2D eigenvalue weighted by Gasteiger charge is 2.31. The minimum atomic E-state index is -4.58. The number of thiazole rings is 1. The summed E-state index contributed by atoms with van der Waals surface area (Å²) in [6.45, 7) is 4.72. The van der Waals surface area contributed by atoms with Gasteiger partial charge in [0.25, 0.3) is 0 Å². The minimum absolute atomic E-state index is 0.0615. The Bertz CT molecular complexity index is 1670. The average Bonchev–Trinajstić information content (AvgIpc) is 3.62. The number of nitrogens with one attached hydrogen (secondary N) is 3. The maximum atomic E-state index is 13.3. The lowest BCUT2D eigenvalue weighted by molar-refractivity contribution is -0.137. The van der Waals surface area contributed by atoms with E-state index in [0.717, 1.165) is 40.7 Å². The smallest absolute Gasteiger partial charge is 0.416 e. The summed E-state index contributed by atoms with van der Waals surface area (Å²) in [5, 5.41) is 13.4. The quantitative estimate of drug-likeness (QED) is 0.160. The van der Waals surface area contributed by atoms with E-state index in [2.05, 4.69) is 37.9 Å². The molecule has 216 valence electrons. The van der Waals surface area contributed by atoms with Gasteiger partial charge in [0.15, 0.2) is 5.13 Å². The Kier molecular flexibility index (Phi) is 8.38. The number of benzene rings is 2. The standard InChI is InChI=1S/C29H26F3N7O2S/c1-3-13-33-28-35-17-25(42-28)19-4-8-22(9-5-19)41-26-11-7-21(16-34-26)36-27(40)37-23-15-20(29(30,31)32)6-10-24(23)39-14-12-18(2)38-39/h4-12,14-17H,3,13H2,1-2H3,(H,33,35)(H2,36,37,40). The summed E-state index contributed by atoms with van der Waals surface area (Å²) in [6.07, 6.45) is 1.25. The third-order valence-corrected chi connectivity index (χ3v) is 6.93. The Morgan fingerprint density at radius 2 is 1.81 bits per heavy atom. The van der Waals surface area contributed by atoms with E-state index >= 15 is 0 Å². The number of nitrogens with zero attached hydrogens (tertiary/aromatic N) is 4. The molecule has 3 N–H and O–H groups in total. The Hall–Kier alpha value is -4.91. The van der Waals surface area contributed by atoms with Crippen molar-refractivity contribution in [1.29, 1.82) is 0 Å². The second-order valence-corrected chi connectivity index (χ2v) is 10.2. The molecule has 2 amide bonds. The van der Waals surface area contributed by atoms with Crippen LogP contribution in [0.25, 0.3) is 16.1 Å². The van der Waals surface area contributed by atoms with Crippen molar-refractivity contribution in [3.8, 4) is 27.8 Å². The summed E-state index contributed by atoms with van der Waals surface area (Å²) in [4.78, 5) is 22.3. The van der Waals surface area contributed by atoms with E-state index in [0.29, 0.717) is 23.0 Å². The molecule has 3 aromatic heterocycles. The number of carbonyl (C=O) groups is 1. The molecule has 3 heterocycles. The molecule has 0 aliphatic heterocycles. The Balaban J connectivity index is 1.22. The number of aromatic nitrogens is 4. The van der Waals surface area contributed by atoms with Gasteiger partial charge in [0.2, 0.25) is 5.88 Å². The maximum absolute atomic E-state index is 13.3. The molecule has 5 aromatic rings. The number of aryl methyl sites for hydroxylation is 1. The van der Waals surface area contributed by atoms with E-state index in [4.69, 9.17) is 4.74 Å². The number of halogens is 3. The first-order valence-corrected chi connectivity index (χ1v) is 13.8. The number of anilines is 3. The Morgan fingerprint density at radius 3 is 2.48 bits per heavy atom. The zero-order valence-corrected chi connectivity index (χ0v) is 23.4. The monoisotopic (exact) mass is 593 g/mol. The molecule has 0 saturated carbocycles. The van der Waals surface area contributed by atoms with E-state index in [-0.39, 0.29) is 11.4 Å². The lowest BCUT2D eigenvalue weighted by atomic mass is 10.1. The second kappa shape index (κ2) is 12.3. The van der Waals surface area contributed by atoms with Crippen molar-refractivity contribution >= 4 is 33.9 Å². The van der Waals surface area contributed by atoms with Gasteiger partial charge in [-0.05, 0) is 73.5 Å². The van der Waals surface area contributed by atoms with Crippen molar-refractivity contribution in [2.45, 2.75) is 26.4 Å². The Morgan fingerprint density at radius 1 is 1.00 bits per heavy atom. The highest BCUT2D eigenvalue weighted by Crippen LogP contribution is 2.34. The highest BCUT2D eigenvalue weighted by atomic mass is 32.1. The van der Waals surface area contributed by atoms with Gasteiger partial charge < -0.3 is 20.7 Å². The number of pyridine rings is 1. The summed E-state index contributed by atoms with van der Waals surface area (Å²) in [7, 11) is 0. The zero-order chi connectivity index (χ0) is 29.7. The molecule has 0 saturated heterocycles. The predicted octanol–water partition coefficient (Wildman–Crippen LogP) is 7.98. The van der Waals surface area contributed by atoms with Crippen molar-refractivity contribution in [3.05, 3.63) is 90.5 Å². The van der Waals surface area contributed by atoms with Crippen LogP contribution in [0.1, 0.15) is 24.6 Å². The van der Waals surface area contributed by atoms with Crippen LogP contribution in [0.4, 0.5) is 34.5 Å². The van der Waals surface area contributed by atoms with Gasteiger partial charge in [0, 0.05) is 25.0 Å². The normalized spacial score (nSPS) is 11.3. The van der Waals surface area contributed by atoms with E-state index in [9.17, 15) is 18.0 Å². The molecule has 0 bridgehead atoms. The minimum Gasteiger partial charge on any atom is -0.439 e. The predicted molar refractivity (Wildman–Crippen MR) is 157 cm³/mol. The first kappa shape index (κ1) is 28.6. The fraction of sp³-hybridized carbons (Fsp3) is 0.172. The number of rotatable bonds is 9. The molecule has 13 heteroatoms. The van der Waals surface area contributed by atoms with Crippen LogP contribution in [0.15, 0.2) is 79.3 Å². The van der Waals surface area contributed by atoms with Gasteiger partial charge in [0.1, 0.15) is 5.75 Å². The number of amides is 2. The van der Waals surface area contributed by atoms with Gasteiger partial charge in [-0.25, -0.2) is 19.4 Å². The number of carbonyl (C=O) groups excluding carboxylic acids is 1. The summed E-state index contributed by atoms with van der Waals surface area (Å²) in [6, 6.07) is 14.7. The van der Waals surface area contributed by atoms with Crippen LogP contribution in [-0.2, 0) is 6.18 Å². The van der Waals surface area contributed by atoms with Gasteiger partial charge in [-0.3, -0.25) is 0 Å². The van der Waals surface area contributed by atoms with E-state index in [1.807, 2.05) is 30.5 Å². The molecule has 9 nitrogen and oxygen atoms in total. The molecule has 42 heavy (non-hydrogen) atoms. The van der Waals surface area contributed by atoms with Crippen LogP contribution < -0.4 is 20.7 Å². The third-order valence-electron chi connectivity index (χ3n) is 5.93. The van der Waals surface area contributed by atoms with Gasteiger partial charge in [-0.2, -0.15) is 18.3 Å². The molecule has 0 unspecified atom stereocenters. The van der Waals surface area contributed by atoms with Crippen LogP contribution in [0.2, 0.25) is 0 Å². The van der Waals surface area contributed by atoms with Crippen molar-refractivity contribution in [2.75, 3.05) is 22.5 Å². The van der Waals surface area contributed by atoms with Crippen LogP contribution in [0.5, 0.6) is 11.6 Å².